The van der Waals surface area contributed by atoms with Gasteiger partial charge in [0, 0.05) is 22.0 Å². The Balaban J connectivity index is 1.64. The molecular formula is C20H19ClN2O4S2. The van der Waals surface area contributed by atoms with Crippen LogP contribution in [0.4, 0.5) is 5.69 Å². The molecule has 4 rings (SSSR count). The second kappa shape index (κ2) is 8.01. The number of methoxy groups -OCH3 is 1. The molecule has 6 nitrogen and oxygen atoms in total. The summed E-state index contributed by atoms with van der Waals surface area (Å²) in [6.45, 7) is 0. The summed E-state index contributed by atoms with van der Waals surface area (Å²) in [5, 5.41) is 0.993. The summed E-state index contributed by atoms with van der Waals surface area (Å²) < 4.78 is 29.6. The van der Waals surface area contributed by atoms with Crippen LogP contribution < -0.4 is 9.64 Å². The van der Waals surface area contributed by atoms with Crippen LogP contribution in [0.3, 0.4) is 0 Å². The van der Waals surface area contributed by atoms with Crippen molar-refractivity contribution < 1.29 is 17.9 Å². The Kier molecular flexibility index (Phi) is 5.59. The molecule has 2 unspecified atom stereocenters. The van der Waals surface area contributed by atoms with Gasteiger partial charge in [0.25, 0.3) is 5.91 Å². The zero-order valence-corrected chi connectivity index (χ0v) is 18.0. The average molecular weight is 451 g/mol. The maximum atomic E-state index is 12.6. The summed E-state index contributed by atoms with van der Waals surface area (Å²) in [6.07, 6.45) is 0.154. The zero-order chi connectivity index (χ0) is 20.6. The Morgan fingerprint density at radius 2 is 2.00 bits per heavy atom. The van der Waals surface area contributed by atoms with E-state index in [1.165, 1.54) is 11.8 Å². The fourth-order valence-electron chi connectivity index (χ4n) is 3.55. The van der Waals surface area contributed by atoms with Gasteiger partial charge in [-0.25, -0.2) is 8.42 Å². The highest BCUT2D eigenvalue weighted by atomic mass is 35.5. The van der Waals surface area contributed by atoms with Crippen molar-refractivity contribution in [3.63, 3.8) is 0 Å². The number of aliphatic imine (C=N–C) groups is 1. The molecule has 0 radical (unpaired) electrons. The second-order valence-corrected chi connectivity index (χ2v) is 10.8. The van der Waals surface area contributed by atoms with Gasteiger partial charge in [-0.15, -0.1) is 0 Å². The predicted molar refractivity (Wildman–Crippen MR) is 117 cm³/mol. The third-order valence-electron chi connectivity index (χ3n) is 4.89. The molecule has 152 valence electrons. The van der Waals surface area contributed by atoms with Crippen LogP contribution in [0.25, 0.3) is 0 Å². The van der Waals surface area contributed by atoms with E-state index in [0.29, 0.717) is 15.9 Å². The molecule has 2 aromatic carbocycles. The van der Waals surface area contributed by atoms with Crippen molar-refractivity contribution in [1.29, 1.82) is 0 Å². The Morgan fingerprint density at radius 1 is 1.24 bits per heavy atom. The molecule has 29 heavy (non-hydrogen) atoms. The van der Waals surface area contributed by atoms with Crippen LogP contribution in [-0.2, 0) is 21.1 Å². The van der Waals surface area contributed by atoms with Crippen molar-refractivity contribution in [1.82, 2.24) is 0 Å². The van der Waals surface area contributed by atoms with Gasteiger partial charge in [-0.05, 0) is 29.8 Å². The quantitative estimate of drug-likeness (QED) is 0.712. The molecule has 2 saturated heterocycles. The van der Waals surface area contributed by atoms with E-state index in [0.717, 1.165) is 11.3 Å². The van der Waals surface area contributed by atoms with Gasteiger partial charge in [0.05, 0.1) is 31.1 Å². The first-order valence-electron chi connectivity index (χ1n) is 9.01. The van der Waals surface area contributed by atoms with Crippen LogP contribution in [0.15, 0.2) is 53.5 Å². The first-order chi connectivity index (χ1) is 13.8. The average Bonchev–Trinajstić information content (AvgIpc) is 3.14. The Labute approximate surface area is 178 Å². The van der Waals surface area contributed by atoms with Gasteiger partial charge in [-0.3, -0.25) is 4.79 Å². The number of ether oxygens (including phenoxy) is 1. The van der Waals surface area contributed by atoms with Crippen LogP contribution in [0.1, 0.15) is 5.56 Å². The lowest BCUT2D eigenvalue weighted by Crippen LogP contribution is -2.37. The Morgan fingerprint density at radius 3 is 2.72 bits per heavy atom. The van der Waals surface area contributed by atoms with E-state index in [4.69, 9.17) is 16.3 Å². The number of halogens is 1. The molecule has 2 atom stereocenters. The largest absolute Gasteiger partial charge is 0.497 e. The fourth-order valence-corrected chi connectivity index (χ4v) is 7.61. The molecule has 0 aliphatic carbocycles. The van der Waals surface area contributed by atoms with Crippen molar-refractivity contribution in [2.45, 2.75) is 17.7 Å². The molecule has 0 aromatic heterocycles. The van der Waals surface area contributed by atoms with Crippen LogP contribution >= 0.6 is 23.4 Å². The maximum Gasteiger partial charge on any atom is 0.252 e. The summed E-state index contributed by atoms with van der Waals surface area (Å²) in [7, 11) is -1.54. The molecule has 0 saturated carbocycles. The molecule has 2 aliphatic rings. The van der Waals surface area contributed by atoms with E-state index in [1.54, 1.807) is 31.4 Å². The number of sulfone groups is 1. The summed E-state index contributed by atoms with van der Waals surface area (Å²) in [4.78, 5) is 18.8. The number of carbonyl (C=O) groups excluding carboxylic acids is 1. The first kappa shape index (κ1) is 20.3. The maximum absolute atomic E-state index is 12.6. The minimum absolute atomic E-state index is 0.0479. The number of hydrogen-bond donors (Lipinski definition) is 0. The highest BCUT2D eigenvalue weighted by molar-refractivity contribution is 8.16. The Hall–Kier alpha value is -2.03. The van der Waals surface area contributed by atoms with E-state index in [1.807, 2.05) is 29.2 Å². The summed E-state index contributed by atoms with van der Waals surface area (Å²) in [5.41, 5.74) is 1.59. The van der Waals surface area contributed by atoms with Crippen molar-refractivity contribution in [2.24, 2.45) is 4.99 Å². The second-order valence-electron chi connectivity index (χ2n) is 6.96. The highest BCUT2D eigenvalue weighted by Crippen LogP contribution is 2.41. The van der Waals surface area contributed by atoms with Gasteiger partial charge in [0.1, 0.15) is 5.75 Å². The molecule has 0 N–H and O–H groups in total. The lowest BCUT2D eigenvalue weighted by Gasteiger charge is -2.24. The molecule has 2 fully saturated rings. The third kappa shape index (κ3) is 4.44. The van der Waals surface area contributed by atoms with Gasteiger partial charge in [0.2, 0.25) is 0 Å². The number of thioether (sulfide) groups is 1. The van der Waals surface area contributed by atoms with Gasteiger partial charge in [-0.2, -0.15) is 4.99 Å². The molecule has 9 heteroatoms. The zero-order valence-electron chi connectivity index (χ0n) is 15.6. The SMILES string of the molecule is COc1cccc(N2C(=NC(=O)Cc3ccc(Cl)cc3)SC3CS(=O)(=O)CC32)c1. The van der Waals surface area contributed by atoms with Gasteiger partial charge in [-0.1, -0.05) is 41.6 Å². The molecular weight excluding hydrogens is 432 g/mol. The number of hydrogen-bond acceptors (Lipinski definition) is 5. The van der Waals surface area contributed by atoms with Crippen molar-refractivity contribution in [3.8, 4) is 5.75 Å². The topological polar surface area (TPSA) is 76.0 Å². The smallest absolute Gasteiger partial charge is 0.252 e. The minimum Gasteiger partial charge on any atom is -0.497 e. The number of rotatable bonds is 4. The van der Waals surface area contributed by atoms with Crippen molar-refractivity contribution in [2.75, 3.05) is 23.5 Å². The van der Waals surface area contributed by atoms with Gasteiger partial charge >= 0.3 is 0 Å². The molecule has 2 aromatic rings. The van der Waals surface area contributed by atoms with Crippen molar-refractivity contribution >= 4 is 50.0 Å². The normalized spacial score (nSPS) is 23.9. The minimum atomic E-state index is -3.11. The monoisotopic (exact) mass is 450 g/mol. The van der Waals surface area contributed by atoms with Crippen LogP contribution in [0.2, 0.25) is 5.02 Å². The van der Waals surface area contributed by atoms with E-state index < -0.39 is 9.84 Å². The van der Waals surface area contributed by atoms with Gasteiger partial charge < -0.3 is 9.64 Å². The summed E-state index contributed by atoms with van der Waals surface area (Å²) in [5.74, 6) is 0.508. The number of carbonyl (C=O) groups is 1. The van der Waals surface area contributed by atoms with Crippen LogP contribution in [0, 0.1) is 0 Å². The van der Waals surface area contributed by atoms with Crippen LogP contribution in [-0.4, -0.2) is 49.4 Å². The van der Waals surface area contributed by atoms with E-state index in [9.17, 15) is 13.2 Å². The number of fused-ring (bicyclic) bond motifs is 1. The summed E-state index contributed by atoms with van der Waals surface area (Å²) >= 11 is 7.25. The predicted octanol–water partition coefficient (Wildman–Crippen LogP) is 3.19. The molecule has 2 aliphatic heterocycles. The number of amidine groups is 1. The fraction of sp³-hybridized carbons (Fsp3) is 0.300. The molecule has 0 bridgehead atoms. The van der Waals surface area contributed by atoms with Crippen LogP contribution in [0.5, 0.6) is 5.75 Å². The number of nitrogens with zero attached hydrogens (tertiary/aromatic N) is 2. The molecule has 1 amide bonds. The van der Waals surface area contributed by atoms with Crippen molar-refractivity contribution in [3.05, 3.63) is 59.1 Å². The van der Waals surface area contributed by atoms with E-state index >= 15 is 0 Å². The van der Waals surface area contributed by atoms with E-state index in [2.05, 4.69) is 4.99 Å². The lowest BCUT2D eigenvalue weighted by atomic mass is 10.1. The highest BCUT2D eigenvalue weighted by Gasteiger charge is 2.49. The number of anilines is 1. The molecule has 0 spiro atoms. The Bertz CT molecular complexity index is 1070. The first-order valence-corrected chi connectivity index (χ1v) is 12.1. The third-order valence-corrected chi connectivity index (χ3v) is 8.35. The number of amides is 1. The number of benzene rings is 2. The summed E-state index contributed by atoms with van der Waals surface area (Å²) in [6, 6.07) is 14.2. The molecule has 2 heterocycles. The lowest BCUT2D eigenvalue weighted by molar-refractivity contribution is -0.117. The van der Waals surface area contributed by atoms with Gasteiger partial charge in [0.15, 0.2) is 15.0 Å². The van der Waals surface area contributed by atoms with E-state index in [-0.39, 0.29) is 35.1 Å². The standard InChI is InChI=1S/C20H19ClN2O4S2/c1-27-16-4-2-3-15(10-16)23-17-11-29(25,26)12-18(17)28-20(23)22-19(24)9-13-5-7-14(21)8-6-13/h2-8,10,17-18H,9,11-12H2,1H3.